The lowest BCUT2D eigenvalue weighted by atomic mass is 9.92. The quantitative estimate of drug-likeness (QED) is 0.504. The van der Waals surface area contributed by atoms with Crippen molar-refractivity contribution in [2.24, 2.45) is 11.7 Å². The lowest BCUT2D eigenvalue weighted by Gasteiger charge is -2.30. The first-order chi connectivity index (χ1) is 15.5. The fourth-order valence-corrected chi connectivity index (χ4v) is 3.80. The molecule has 32 heavy (non-hydrogen) atoms. The van der Waals surface area contributed by atoms with Gasteiger partial charge in [-0.15, -0.1) is 0 Å². The Labute approximate surface area is 186 Å². The maximum absolute atomic E-state index is 12.6. The molecular weight excluding hydrogens is 420 g/mol. The van der Waals surface area contributed by atoms with E-state index in [1.807, 2.05) is 24.0 Å². The number of aromatic nitrogens is 2. The first-order valence-corrected chi connectivity index (χ1v) is 11.1. The molecule has 8 nitrogen and oxygen atoms in total. The fourth-order valence-electron chi connectivity index (χ4n) is 3.80. The first kappa shape index (κ1) is 23.9. The topological polar surface area (TPSA) is 107 Å². The smallest absolute Gasteiger partial charge is 0.324 e. The molecule has 1 saturated heterocycles. The van der Waals surface area contributed by atoms with Gasteiger partial charge >= 0.3 is 12.4 Å². The summed E-state index contributed by atoms with van der Waals surface area (Å²) in [6, 6.07) is 5.67. The van der Waals surface area contributed by atoms with E-state index >= 15 is 0 Å². The van der Waals surface area contributed by atoms with E-state index in [4.69, 9.17) is 15.0 Å². The Morgan fingerprint density at radius 1 is 1.34 bits per heavy atom. The second-order valence-corrected chi connectivity index (χ2v) is 8.03. The van der Waals surface area contributed by atoms with E-state index in [9.17, 15) is 13.6 Å². The van der Waals surface area contributed by atoms with Crippen molar-refractivity contribution < 1.29 is 22.8 Å². The van der Waals surface area contributed by atoms with Gasteiger partial charge in [0.1, 0.15) is 5.75 Å². The molecule has 176 valence electrons. The summed E-state index contributed by atoms with van der Waals surface area (Å²) in [5.74, 6) is 0.644. The highest BCUT2D eigenvalue weighted by molar-refractivity contribution is 5.95. The van der Waals surface area contributed by atoms with Crippen LogP contribution in [0.25, 0.3) is 0 Å². The number of hydrogen-bond donors (Lipinski definition) is 2. The number of aryl methyl sites for hydroxylation is 1. The predicted octanol–water partition coefficient (Wildman–Crippen LogP) is 3.47. The molecule has 1 fully saturated rings. The van der Waals surface area contributed by atoms with Gasteiger partial charge in [-0.1, -0.05) is 5.16 Å². The van der Waals surface area contributed by atoms with Gasteiger partial charge in [0.2, 0.25) is 5.82 Å². The second-order valence-electron chi connectivity index (χ2n) is 8.03. The summed E-state index contributed by atoms with van der Waals surface area (Å²) in [6.07, 6.45) is 1.87. The minimum absolute atomic E-state index is 0.0974. The first-order valence-electron chi connectivity index (χ1n) is 11.1. The molecule has 3 N–H and O–H groups in total. The van der Waals surface area contributed by atoms with Gasteiger partial charge in [0, 0.05) is 25.2 Å². The van der Waals surface area contributed by atoms with Crippen molar-refractivity contribution in [3.63, 3.8) is 0 Å². The highest BCUT2D eigenvalue weighted by atomic mass is 19.3. The lowest BCUT2D eigenvalue weighted by Crippen LogP contribution is -2.34. The highest BCUT2D eigenvalue weighted by Crippen LogP contribution is 2.27. The molecule has 0 bridgehead atoms. The van der Waals surface area contributed by atoms with Gasteiger partial charge < -0.3 is 25.2 Å². The summed E-state index contributed by atoms with van der Waals surface area (Å²) >= 11 is 0. The third-order valence-corrected chi connectivity index (χ3v) is 5.65. The standard InChI is InChI=1S/C22H31F2N5O3/c1-15-14-17(5-6-18(15)21(30)26-10-3-9-25)31-13-2-4-16-7-11-29(12-8-16)22-27-20(19(23)24)28-32-22/h5-6,14,16,19H,2-4,7-13,25H2,1H3,(H,26,30). The van der Waals surface area contributed by atoms with Crippen molar-refractivity contribution in [2.75, 3.05) is 37.7 Å². The normalized spacial score (nSPS) is 14.7. The van der Waals surface area contributed by atoms with E-state index in [1.165, 1.54) is 0 Å². The number of ether oxygens (including phenoxy) is 1. The number of piperidine rings is 1. The van der Waals surface area contributed by atoms with E-state index < -0.39 is 12.2 Å². The minimum atomic E-state index is -2.72. The van der Waals surface area contributed by atoms with Crippen LogP contribution in [0.15, 0.2) is 22.7 Å². The molecule has 1 amide bonds. The Hall–Kier alpha value is -2.75. The monoisotopic (exact) mass is 451 g/mol. The van der Waals surface area contributed by atoms with Gasteiger partial charge in [-0.2, -0.15) is 4.98 Å². The molecule has 2 heterocycles. The summed E-state index contributed by atoms with van der Waals surface area (Å²) < 4.78 is 36.0. The molecule has 1 aliphatic rings. The third-order valence-electron chi connectivity index (χ3n) is 5.65. The number of nitrogens with zero attached hydrogens (tertiary/aromatic N) is 3. The zero-order chi connectivity index (χ0) is 22.9. The summed E-state index contributed by atoms with van der Waals surface area (Å²) in [5.41, 5.74) is 6.96. The van der Waals surface area contributed by atoms with Crippen LogP contribution in [0, 0.1) is 12.8 Å². The number of hydrogen-bond acceptors (Lipinski definition) is 7. The zero-order valence-corrected chi connectivity index (χ0v) is 18.4. The van der Waals surface area contributed by atoms with Crippen molar-refractivity contribution in [3.05, 3.63) is 35.2 Å². The molecular formula is C22H31F2N5O3. The highest BCUT2D eigenvalue weighted by Gasteiger charge is 2.24. The molecule has 1 aliphatic heterocycles. The molecule has 0 atom stereocenters. The average molecular weight is 452 g/mol. The molecule has 0 unspecified atom stereocenters. The van der Waals surface area contributed by atoms with Crippen molar-refractivity contribution in [3.8, 4) is 5.75 Å². The fraction of sp³-hybridized carbons (Fsp3) is 0.591. The number of carbonyl (C=O) groups excluding carboxylic acids is 1. The van der Waals surface area contributed by atoms with Crippen LogP contribution >= 0.6 is 0 Å². The Kier molecular flexibility index (Phi) is 8.78. The number of halogens is 2. The molecule has 3 rings (SSSR count). The van der Waals surface area contributed by atoms with Crippen molar-refractivity contribution in [1.29, 1.82) is 0 Å². The minimum Gasteiger partial charge on any atom is -0.494 e. The number of nitrogens with two attached hydrogens (primary N) is 1. The molecule has 0 aliphatic carbocycles. The van der Waals surface area contributed by atoms with Crippen LogP contribution in [0.4, 0.5) is 14.8 Å². The van der Waals surface area contributed by atoms with Crippen LogP contribution in [0.5, 0.6) is 5.75 Å². The van der Waals surface area contributed by atoms with Crippen molar-refractivity contribution >= 4 is 11.9 Å². The van der Waals surface area contributed by atoms with E-state index in [0.29, 0.717) is 44.3 Å². The number of alkyl halides is 2. The Morgan fingerprint density at radius 3 is 2.78 bits per heavy atom. The van der Waals surface area contributed by atoms with Gasteiger partial charge in [-0.25, -0.2) is 8.78 Å². The van der Waals surface area contributed by atoms with E-state index in [1.54, 1.807) is 6.07 Å². The molecule has 10 heteroatoms. The van der Waals surface area contributed by atoms with E-state index in [-0.39, 0.29) is 11.9 Å². The van der Waals surface area contributed by atoms with Gasteiger partial charge in [0.25, 0.3) is 5.91 Å². The lowest BCUT2D eigenvalue weighted by molar-refractivity contribution is 0.0952. The molecule has 0 saturated carbocycles. The molecule has 0 spiro atoms. The largest absolute Gasteiger partial charge is 0.494 e. The van der Waals surface area contributed by atoms with Crippen LogP contribution in [0.2, 0.25) is 0 Å². The second kappa shape index (κ2) is 11.8. The zero-order valence-electron chi connectivity index (χ0n) is 18.4. The van der Waals surface area contributed by atoms with Crippen LogP contribution in [0.1, 0.15) is 60.3 Å². The average Bonchev–Trinajstić information content (AvgIpc) is 3.28. The molecule has 0 radical (unpaired) electrons. The number of anilines is 1. The maximum Gasteiger partial charge on any atom is 0.324 e. The number of benzene rings is 1. The van der Waals surface area contributed by atoms with Gasteiger partial charge in [0.05, 0.1) is 6.61 Å². The summed E-state index contributed by atoms with van der Waals surface area (Å²) in [4.78, 5) is 17.8. The number of rotatable bonds is 11. The van der Waals surface area contributed by atoms with Gasteiger partial charge in [-0.05, 0) is 75.3 Å². The Balaban J connectivity index is 1.36. The van der Waals surface area contributed by atoms with Crippen molar-refractivity contribution in [2.45, 2.75) is 45.5 Å². The van der Waals surface area contributed by atoms with Crippen LogP contribution in [-0.4, -0.2) is 48.8 Å². The van der Waals surface area contributed by atoms with Crippen molar-refractivity contribution in [1.82, 2.24) is 15.5 Å². The predicted molar refractivity (Wildman–Crippen MR) is 116 cm³/mol. The third kappa shape index (κ3) is 6.62. The van der Waals surface area contributed by atoms with Crippen LogP contribution < -0.4 is 20.7 Å². The van der Waals surface area contributed by atoms with Gasteiger partial charge in [-0.3, -0.25) is 4.79 Å². The summed E-state index contributed by atoms with van der Waals surface area (Å²) in [5, 5.41) is 6.17. The summed E-state index contributed by atoms with van der Waals surface area (Å²) in [7, 11) is 0. The summed E-state index contributed by atoms with van der Waals surface area (Å²) in [6.45, 7) is 5.04. The number of nitrogens with one attached hydrogen (secondary N) is 1. The molecule has 1 aromatic heterocycles. The van der Waals surface area contributed by atoms with Gasteiger partial charge in [0.15, 0.2) is 0 Å². The number of carbonyl (C=O) groups is 1. The maximum atomic E-state index is 12.6. The van der Waals surface area contributed by atoms with Crippen LogP contribution in [-0.2, 0) is 0 Å². The molecule has 2 aromatic rings. The SMILES string of the molecule is Cc1cc(OCCCC2CCN(c3nc(C(F)F)no3)CC2)ccc1C(=O)NCCCN. The van der Waals surface area contributed by atoms with E-state index in [0.717, 1.165) is 43.4 Å². The van der Waals surface area contributed by atoms with E-state index in [2.05, 4.69) is 15.5 Å². The Morgan fingerprint density at radius 2 is 2.12 bits per heavy atom. The molecule has 1 aromatic carbocycles. The Bertz CT molecular complexity index is 869. The van der Waals surface area contributed by atoms with Crippen LogP contribution in [0.3, 0.4) is 0 Å². The number of amides is 1.